The molecule has 220 valence electrons. The fourth-order valence-corrected chi connectivity index (χ4v) is 5.59. The SMILES string of the molecule is CC(C)C1(C(=O)Nc2ccccc2)C(=O)N(CC[C@@H](O)C[C@@H](O)CC(=O)O)C(c2ccc(F)cc2)=C1c1ccccc1.[Na+]. The second-order valence-electron chi connectivity index (χ2n) is 10.8. The van der Waals surface area contributed by atoms with Crippen molar-refractivity contribution in [3.63, 3.8) is 0 Å². The first-order valence-corrected chi connectivity index (χ1v) is 13.9. The molecular formula is C33H35FN2NaO6+. The van der Waals surface area contributed by atoms with Gasteiger partial charge in [0.15, 0.2) is 5.41 Å². The van der Waals surface area contributed by atoms with Crippen molar-refractivity contribution in [3.8, 4) is 0 Å². The summed E-state index contributed by atoms with van der Waals surface area (Å²) in [7, 11) is 0. The van der Waals surface area contributed by atoms with Crippen LogP contribution in [0.3, 0.4) is 0 Å². The first kappa shape index (κ1) is 34.2. The molecule has 4 N–H and O–H groups in total. The Morgan fingerprint density at radius 2 is 1.47 bits per heavy atom. The maximum atomic E-state index is 14.7. The van der Waals surface area contributed by atoms with E-state index in [9.17, 15) is 29.0 Å². The number of amides is 2. The largest absolute Gasteiger partial charge is 1.00 e. The molecule has 3 aromatic carbocycles. The van der Waals surface area contributed by atoms with Gasteiger partial charge in [-0.05, 0) is 66.3 Å². The van der Waals surface area contributed by atoms with Crippen LogP contribution >= 0.6 is 0 Å². The summed E-state index contributed by atoms with van der Waals surface area (Å²) in [6, 6.07) is 23.6. The van der Waals surface area contributed by atoms with Gasteiger partial charge in [-0.1, -0.05) is 62.4 Å². The molecule has 1 heterocycles. The van der Waals surface area contributed by atoms with Gasteiger partial charge in [-0.3, -0.25) is 14.4 Å². The van der Waals surface area contributed by atoms with Crippen molar-refractivity contribution in [2.24, 2.45) is 11.3 Å². The van der Waals surface area contributed by atoms with Crippen molar-refractivity contribution in [1.29, 1.82) is 0 Å². The van der Waals surface area contributed by atoms with Crippen LogP contribution < -0.4 is 34.9 Å². The van der Waals surface area contributed by atoms with Crippen molar-refractivity contribution in [2.45, 2.75) is 45.3 Å². The molecule has 1 unspecified atom stereocenters. The summed E-state index contributed by atoms with van der Waals surface area (Å²) < 4.78 is 14.0. The Bertz CT molecular complexity index is 1450. The van der Waals surface area contributed by atoms with Crippen LogP contribution in [0.25, 0.3) is 11.3 Å². The summed E-state index contributed by atoms with van der Waals surface area (Å²) in [6.45, 7) is 3.57. The number of aliphatic carboxylic acids is 1. The maximum Gasteiger partial charge on any atom is 1.00 e. The number of rotatable bonds is 12. The Kier molecular flexibility index (Phi) is 11.8. The minimum Gasteiger partial charge on any atom is -0.481 e. The first-order valence-electron chi connectivity index (χ1n) is 13.9. The molecule has 2 amide bonds. The van der Waals surface area contributed by atoms with Gasteiger partial charge in [0.25, 0.3) is 0 Å². The number of benzene rings is 3. The fourth-order valence-electron chi connectivity index (χ4n) is 5.59. The predicted octanol–water partition coefficient (Wildman–Crippen LogP) is 1.80. The number of halogens is 1. The Labute approximate surface area is 272 Å². The number of carbonyl (C=O) groups is 3. The zero-order chi connectivity index (χ0) is 30.4. The van der Waals surface area contributed by atoms with E-state index in [1.54, 1.807) is 50.2 Å². The number of carboxylic acids is 1. The first-order chi connectivity index (χ1) is 20.0. The third-order valence-electron chi connectivity index (χ3n) is 7.56. The van der Waals surface area contributed by atoms with Crippen LogP contribution in [0.5, 0.6) is 0 Å². The number of carboxylic acid groups (broad SMARTS) is 1. The number of aliphatic hydroxyl groups excluding tert-OH is 2. The number of nitrogens with one attached hydrogen (secondary N) is 1. The van der Waals surface area contributed by atoms with Gasteiger partial charge in [-0.2, -0.15) is 0 Å². The van der Waals surface area contributed by atoms with E-state index in [0.717, 1.165) is 0 Å². The van der Waals surface area contributed by atoms with Crippen LogP contribution in [0.15, 0.2) is 84.9 Å². The van der Waals surface area contributed by atoms with E-state index in [2.05, 4.69) is 5.32 Å². The van der Waals surface area contributed by atoms with Gasteiger partial charge in [0.1, 0.15) is 5.82 Å². The van der Waals surface area contributed by atoms with Gasteiger partial charge < -0.3 is 25.5 Å². The number of nitrogens with zero attached hydrogens (tertiary/aromatic N) is 1. The summed E-state index contributed by atoms with van der Waals surface area (Å²) in [5.41, 5.74) is 0.868. The molecule has 10 heteroatoms. The van der Waals surface area contributed by atoms with Crippen molar-refractivity contribution in [1.82, 2.24) is 4.90 Å². The van der Waals surface area contributed by atoms with Crippen molar-refractivity contribution in [3.05, 3.63) is 102 Å². The molecule has 0 saturated carbocycles. The van der Waals surface area contributed by atoms with Gasteiger partial charge in [0.2, 0.25) is 11.8 Å². The molecule has 0 radical (unpaired) electrons. The van der Waals surface area contributed by atoms with Crippen molar-refractivity contribution < 1.29 is 63.7 Å². The van der Waals surface area contributed by atoms with Crippen LogP contribution in [0.1, 0.15) is 44.2 Å². The Balaban J connectivity index is 0.00000506. The van der Waals surface area contributed by atoms with Gasteiger partial charge in [-0.15, -0.1) is 0 Å². The third kappa shape index (κ3) is 7.42. The number of carbonyl (C=O) groups excluding carboxylic acids is 2. The summed E-state index contributed by atoms with van der Waals surface area (Å²) in [4.78, 5) is 41.4. The van der Waals surface area contributed by atoms with Crippen LogP contribution in [-0.2, 0) is 14.4 Å². The number of para-hydroxylation sites is 1. The summed E-state index contributed by atoms with van der Waals surface area (Å²) >= 11 is 0. The number of aliphatic hydroxyl groups is 2. The van der Waals surface area contributed by atoms with E-state index in [1.165, 1.54) is 17.0 Å². The molecule has 43 heavy (non-hydrogen) atoms. The molecule has 0 saturated heterocycles. The van der Waals surface area contributed by atoms with E-state index in [1.807, 2.05) is 36.4 Å². The molecule has 0 aliphatic carbocycles. The minimum absolute atomic E-state index is 0. The van der Waals surface area contributed by atoms with E-state index >= 15 is 0 Å². The molecule has 0 aromatic heterocycles. The fraction of sp³-hybridized carbons (Fsp3) is 0.303. The monoisotopic (exact) mass is 597 g/mol. The van der Waals surface area contributed by atoms with Crippen molar-refractivity contribution in [2.75, 3.05) is 11.9 Å². The summed E-state index contributed by atoms with van der Waals surface area (Å²) in [5, 5.41) is 32.6. The average molecular weight is 598 g/mol. The Morgan fingerprint density at radius 3 is 2.02 bits per heavy atom. The Hall–Kier alpha value is -3.34. The smallest absolute Gasteiger partial charge is 0.481 e. The van der Waals surface area contributed by atoms with Gasteiger partial charge in [-0.25, -0.2) is 4.39 Å². The standard InChI is InChI=1S/C33H35FN2O6.Na/c1-21(2)33(31(41)35-25-11-7-4-8-12-25)29(22-9-5-3-6-10-22)30(23-13-15-24(34)16-14-23)36(32(33)42)18-17-26(37)19-27(38)20-28(39)40;/h3-16,21,26-27,37-38H,17-20H2,1-2H3,(H,35,41)(H,39,40);/q;+1/t26-,27-,33?;/m1./s1. The van der Waals surface area contributed by atoms with E-state index in [4.69, 9.17) is 5.11 Å². The molecule has 1 aliphatic rings. The maximum absolute atomic E-state index is 14.7. The number of anilines is 1. The number of hydrogen-bond acceptors (Lipinski definition) is 5. The van der Waals surface area contributed by atoms with Crippen LogP contribution in [0.2, 0.25) is 0 Å². The molecule has 8 nitrogen and oxygen atoms in total. The van der Waals surface area contributed by atoms with Crippen LogP contribution in [-0.4, -0.2) is 56.8 Å². The molecule has 0 bridgehead atoms. The third-order valence-corrected chi connectivity index (χ3v) is 7.56. The number of hydrogen-bond donors (Lipinski definition) is 4. The van der Waals surface area contributed by atoms with Crippen molar-refractivity contribution >= 4 is 34.7 Å². The average Bonchev–Trinajstić information content (AvgIpc) is 3.22. The molecular weight excluding hydrogens is 562 g/mol. The second kappa shape index (κ2) is 14.9. The minimum atomic E-state index is -1.69. The molecule has 3 atom stereocenters. The summed E-state index contributed by atoms with van der Waals surface area (Å²) in [6.07, 6.45) is -3.09. The topological polar surface area (TPSA) is 127 Å². The van der Waals surface area contributed by atoms with Gasteiger partial charge >= 0.3 is 35.5 Å². The van der Waals surface area contributed by atoms with E-state index < -0.39 is 53.6 Å². The summed E-state index contributed by atoms with van der Waals surface area (Å²) in [5.74, 6) is -3.19. The van der Waals surface area contributed by atoms with Gasteiger partial charge in [0, 0.05) is 17.8 Å². The van der Waals surface area contributed by atoms with Crippen LogP contribution in [0, 0.1) is 17.2 Å². The molecule has 1 aliphatic heterocycles. The van der Waals surface area contributed by atoms with Gasteiger partial charge in [0.05, 0.1) is 24.3 Å². The normalized spacial score (nSPS) is 17.9. The quantitative estimate of drug-likeness (QED) is 0.186. The predicted molar refractivity (Wildman–Crippen MR) is 157 cm³/mol. The molecule has 3 aromatic rings. The van der Waals surface area contributed by atoms with E-state index in [-0.39, 0.29) is 48.9 Å². The molecule has 0 spiro atoms. The molecule has 0 fully saturated rings. The zero-order valence-electron chi connectivity index (χ0n) is 24.5. The Morgan fingerprint density at radius 1 is 0.884 bits per heavy atom. The van der Waals surface area contributed by atoms with Crippen LogP contribution in [0.4, 0.5) is 10.1 Å². The second-order valence-corrected chi connectivity index (χ2v) is 10.8. The molecule has 4 rings (SSSR count). The van der Waals surface area contributed by atoms with E-state index in [0.29, 0.717) is 28.1 Å². The zero-order valence-corrected chi connectivity index (χ0v) is 26.5.